The molecule has 1 rings (SSSR count). The summed E-state index contributed by atoms with van der Waals surface area (Å²) in [7, 11) is 0. The van der Waals surface area contributed by atoms with E-state index in [1.54, 1.807) is 6.07 Å². The Morgan fingerprint density at radius 2 is 2.25 bits per heavy atom. The minimum absolute atomic E-state index is 0.0312. The Balaban J connectivity index is 2.90. The lowest BCUT2D eigenvalue weighted by Gasteiger charge is -2.04. The second kappa shape index (κ2) is 4.07. The minimum atomic E-state index is 0.0312. The van der Waals surface area contributed by atoms with Crippen molar-refractivity contribution in [1.82, 2.24) is 4.98 Å². The molecule has 0 radical (unpaired) electrons. The third-order valence-electron chi connectivity index (χ3n) is 1.46. The largest absolute Gasteiger partial charge is 0.478 e. The van der Waals surface area contributed by atoms with Crippen molar-refractivity contribution < 1.29 is 9.84 Å². The summed E-state index contributed by atoms with van der Waals surface area (Å²) in [5, 5.41) is 8.87. The Morgan fingerprint density at radius 1 is 1.50 bits per heavy atom. The predicted octanol–water partition coefficient (Wildman–Crippen LogP) is 1.28. The smallest absolute Gasteiger partial charge is 0.213 e. The number of rotatable bonds is 3. The average molecular weight is 167 g/mol. The molecule has 3 nitrogen and oxygen atoms in total. The first-order chi connectivity index (χ1) is 5.76. The van der Waals surface area contributed by atoms with Crippen molar-refractivity contribution in [3.8, 4) is 5.88 Å². The molecule has 1 N–H and O–H groups in total. The van der Waals surface area contributed by atoms with Crippen LogP contribution in [0.25, 0.3) is 0 Å². The van der Waals surface area contributed by atoms with E-state index < -0.39 is 0 Å². The van der Waals surface area contributed by atoms with Crippen LogP contribution in [0.2, 0.25) is 0 Å². The lowest BCUT2D eigenvalue weighted by molar-refractivity contribution is 0.278. The van der Waals surface area contributed by atoms with E-state index in [2.05, 4.69) is 4.98 Å². The molecular formula is C9H13NO2. The minimum Gasteiger partial charge on any atom is -0.478 e. The maximum atomic E-state index is 8.87. The van der Waals surface area contributed by atoms with Crippen molar-refractivity contribution >= 4 is 0 Å². The van der Waals surface area contributed by atoms with Crippen molar-refractivity contribution in [3.05, 3.63) is 23.4 Å². The van der Waals surface area contributed by atoms with E-state index in [-0.39, 0.29) is 6.61 Å². The van der Waals surface area contributed by atoms with Gasteiger partial charge in [0.25, 0.3) is 0 Å². The van der Waals surface area contributed by atoms with Crippen molar-refractivity contribution in [2.75, 3.05) is 6.61 Å². The number of nitrogens with zero attached hydrogens (tertiary/aromatic N) is 1. The predicted molar refractivity (Wildman–Crippen MR) is 46.1 cm³/mol. The first-order valence-electron chi connectivity index (χ1n) is 3.97. The molecule has 0 aliphatic carbocycles. The van der Waals surface area contributed by atoms with Crippen LogP contribution < -0.4 is 4.74 Å². The van der Waals surface area contributed by atoms with Gasteiger partial charge in [-0.1, -0.05) is 0 Å². The number of hydrogen-bond acceptors (Lipinski definition) is 3. The first-order valence-corrected chi connectivity index (χ1v) is 3.97. The summed E-state index contributed by atoms with van der Waals surface area (Å²) < 4.78 is 5.21. The third kappa shape index (κ3) is 2.20. The van der Waals surface area contributed by atoms with Crippen LogP contribution in [0.3, 0.4) is 0 Å². The molecule has 1 heterocycles. The molecule has 0 bridgehead atoms. The zero-order valence-corrected chi connectivity index (χ0v) is 7.37. The zero-order valence-electron chi connectivity index (χ0n) is 7.37. The Labute approximate surface area is 72.0 Å². The van der Waals surface area contributed by atoms with Crippen LogP contribution in [-0.4, -0.2) is 16.7 Å². The topological polar surface area (TPSA) is 42.4 Å². The number of aliphatic hydroxyl groups is 1. The Kier molecular flexibility index (Phi) is 3.05. The fourth-order valence-electron chi connectivity index (χ4n) is 1.02. The number of pyridine rings is 1. The molecule has 0 unspecified atom stereocenters. The summed E-state index contributed by atoms with van der Waals surface area (Å²) in [5.41, 5.74) is 1.70. The monoisotopic (exact) mass is 167 g/mol. The molecule has 3 heteroatoms. The van der Waals surface area contributed by atoms with Gasteiger partial charge in [-0.3, -0.25) is 0 Å². The number of hydrogen-bond donors (Lipinski definition) is 1. The van der Waals surface area contributed by atoms with Gasteiger partial charge in [0.2, 0.25) is 5.88 Å². The van der Waals surface area contributed by atoms with E-state index >= 15 is 0 Å². The lowest BCUT2D eigenvalue weighted by atomic mass is 10.2. The molecule has 0 aromatic carbocycles. The summed E-state index contributed by atoms with van der Waals surface area (Å²) >= 11 is 0. The Morgan fingerprint density at radius 3 is 2.83 bits per heavy atom. The van der Waals surface area contributed by atoms with E-state index in [1.165, 1.54) is 0 Å². The second-order valence-electron chi connectivity index (χ2n) is 2.55. The summed E-state index contributed by atoms with van der Waals surface area (Å²) in [6.07, 6.45) is 0. The molecule has 1 aromatic rings. The van der Waals surface area contributed by atoms with Gasteiger partial charge in [0.05, 0.1) is 13.2 Å². The zero-order chi connectivity index (χ0) is 8.97. The van der Waals surface area contributed by atoms with Gasteiger partial charge < -0.3 is 9.84 Å². The van der Waals surface area contributed by atoms with Crippen LogP contribution in [-0.2, 0) is 6.61 Å². The Hall–Kier alpha value is -1.09. The van der Waals surface area contributed by atoms with E-state index in [0.717, 1.165) is 11.3 Å². The number of aromatic nitrogens is 1. The normalized spacial score (nSPS) is 9.92. The van der Waals surface area contributed by atoms with E-state index in [4.69, 9.17) is 9.84 Å². The van der Waals surface area contributed by atoms with Crippen LogP contribution in [0.15, 0.2) is 12.1 Å². The summed E-state index contributed by atoms with van der Waals surface area (Å²) in [6, 6.07) is 3.58. The van der Waals surface area contributed by atoms with Gasteiger partial charge in [-0.2, -0.15) is 0 Å². The SMILES string of the molecule is CCOc1cc(CO)cc(C)n1. The highest BCUT2D eigenvalue weighted by Gasteiger charge is 1.98. The molecule has 1 aromatic heterocycles. The Bertz CT molecular complexity index is 261. The second-order valence-corrected chi connectivity index (χ2v) is 2.55. The quantitative estimate of drug-likeness (QED) is 0.737. The van der Waals surface area contributed by atoms with Crippen LogP contribution >= 0.6 is 0 Å². The molecule has 0 fully saturated rings. The van der Waals surface area contributed by atoms with Gasteiger partial charge in [-0.05, 0) is 25.5 Å². The number of ether oxygens (including phenoxy) is 1. The average Bonchev–Trinajstić information content (AvgIpc) is 2.04. The standard InChI is InChI=1S/C9H13NO2/c1-3-12-9-5-8(6-11)4-7(2)10-9/h4-5,11H,3,6H2,1-2H3. The molecular weight excluding hydrogens is 154 g/mol. The fourth-order valence-corrected chi connectivity index (χ4v) is 1.02. The van der Waals surface area contributed by atoms with Crippen LogP contribution in [0, 0.1) is 6.92 Å². The maximum Gasteiger partial charge on any atom is 0.213 e. The first kappa shape index (κ1) is 9.00. The van der Waals surface area contributed by atoms with Gasteiger partial charge in [-0.15, -0.1) is 0 Å². The van der Waals surface area contributed by atoms with Crippen LogP contribution in [0.1, 0.15) is 18.2 Å². The van der Waals surface area contributed by atoms with Crippen molar-refractivity contribution in [2.45, 2.75) is 20.5 Å². The molecule has 12 heavy (non-hydrogen) atoms. The molecule has 0 aliphatic rings. The fraction of sp³-hybridized carbons (Fsp3) is 0.444. The highest BCUT2D eigenvalue weighted by molar-refractivity contribution is 5.23. The highest BCUT2D eigenvalue weighted by atomic mass is 16.5. The molecule has 0 saturated carbocycles. The van der Waals surface area contributed by atoms with E-state index in [1.807, 2.05) is 19.9 Å². The summed E-state index contributed by atoms with van der Waals surface area (Å²) in [5.74, 6) is 0.585. The van der Waals surface area contributed by atoms with E-state index in [9.17, 15) is 0 Å². The van der Waals surface area contributed by atoms with Gasteiger partial charge in [-0.25, -0.2) is 4.98 Å². The van der Waals surface area contributed by atoms with Crippen molar-refractivity contribution in [1.29, 1.82) is 0 Å². The molecule has 0 amide bonds. The number of aryl methyl sites for hydroxylation is 1. The summed E-state index contributed by atoms with van der Waals surface area (Å²) in [4.78, 5) is 4.14. The molecule has 0 spiro atoms. The summed E-state index contributed by atoms with van der Waals surface area (Å²) in [6.45, 7) is 4.41. The highest BCUT2D eigenvalue weighted by Crippen LogP contribution is 2.11. The molecule has 66 valence electrons. The van der Waals surface area contributed by atoms with Crippen molar-refractivity contribution in [3.63, 3.8) is 0 Å². The molecule has 0 atom stereocenters. The van der Waals surface area contributed by atoms with Crippen LogP contribution in [0.5, 0.6) is 5.88 Å². The lowest BCUT2D eigenvalue weighted by Crippen LogP contribution is -1.97. The van der Waals surface area contributed by atoms with Gasteiger partial charge in [0.1, 0.15) is 0 Å². The van der Waals surface area contributed by atoms with Gasteiger partial charge in [0, 0.05) is 11.8 Å². The van der Waals surface area contributed by atoms with Gasteiger partial charge in [0.15, 0.2) is 0 Å². The maximum absolute atomic E-state index is 8.87. The van der Waals surface area contributed by atoms with Gasteiger partial charge >= 0.3 is 0 Å². The third-order valence-corrected chi connectivity index (χ3v) is 1.46. The van der Waals surface area contributed by atoms with Crippen LogP contribution in [0.4, 0.5) is 0 Å². The van der Waals surface area contributed by atoms with E-state index in [0.29, 0.717) is 12.5 Å². The van der Waals surface area contributed by atoms with Crippen molar-refractivity contribution in [2.24, 2.45) is 0 Å². The number of aliphatic hydroxyl groups excluding tert-OH is 1. The molecule has 0 saturated heterocycles. The molecule has 0 aliphatic heterocycles.